The van der Waals surface area contributed by atoms with Crippen LogP contribution in [-0.4, -0.2) is 16.9 Å². The van der Waals surface area contributed by atoms with E-state index in [2.05, 4.69) is 5.32 Å². The lowest BCUT2D eigenvalue weighted by Gasteiger charge is -1.97. The highest BCUT2D eigenvalue weighted by Gasteiger charge is 2.03. The van der Waals surface area contributed by atoms with Crippen molar-refractivity contribution in [2.24, 2.45) is 0 Å². The Hall–Kier alpha value is -3.16. The fourth-order valence-electron chi connectivity index (χ4n) is 1.41. The third kappa shape index (κ3) is 5.15. The predicted octanol–water partition coefficient (Wildman–Crippen LogP) is 2.81. The van der Waals surface area contributed by atoms with E-state index >= 15 is 0 Å². The Bertz CT molecular complexity index is 646. The molecular weight excluding hydrogens is 276 g/mol. The quantitative estimate of drug-likeness (QED) is 0.508. The Morgan fingerprint density at radius 3 is 1.90 bits per heavy atom. The first-order chi connectivity index (χ1) is 9.93. The van der Waals surface area contributed by atoms with Crippen LogP contribution in [0.25, 0.3) is 0 Å². The van der Waals surface area contributed by atoms with Gasteiger partial charge in [0.05, 0.1) is 9.85 Å². The molecule has 0 spiro atoms. The summed E-state index contributed by atoms with van der Waals surface area (Å²) in [5.41, 5.74) is 6.59. The molecule has 0 unspecified atom stereocenters. The van der Waals surface area contributed by atoms with Gasteiger partial charge in [0.2, 0.25) is 0 Å². The molecule has 3 N–H and O–H groups in total. The zero-order chi connectivity index (χ0) is 15.8. The molecule has 0 fully saturated rings. The van der Waals surface area contributed by atoms with E-state index in [1.165, 1.54) is 24.3 Å². The maximum atomic E-state index is 10.2. The third-order valence-corrected chi connectivity index (χ3v) is 2.43. The maximum absolute atomic E-state index is 10.2. The molecule has 0 aromatic heterocycles. The van der Waals surface area contributed by atoms with Crippen LogP contribution in [0.15, 0.2) is 48.5 Å². The molecule has 2 aromatic carbocycles. The number of anilines is 2. The monoisotopic (exact) mass is 290 g/mol. The lowest BCUT2D eigenvalue weighted by molar-refractivity contribution is -0.385. The van der Waals surface area contributed by atoms with Gasteiger partial charge in [-0.3, -0.25) is 20.2 Å². The minimum atomic E-state index is -0.476. The number of nitro benzene ring substituents is 2. The summed E-state index contributed by atoms with van der Waals surface area (Å²) in [5, 5.41) is 23.2. The first-order valence-electron chi connectivity index (χ1n) is 5.86. The zero-order valence-corrected chi connectivity index (χ0v) is 11.2. The van der Waals surface area contributed by atoms with Gasteiger partial charge < -0.3 is 11.1 Å². The highest BCUT2D eigenvalue weighted by Crippen LogP contribution is 2.16. The molecule has 0 radical (unpaired) electrons. The fourth-order valence-corrected chi connectivity index (χ4v) is 1.41. The van der Waals surface area contributed by atoms with Crippen molar-refractivity contribution in [3.63, 3.8) is 0 Å². The van der Waals surface area contributed by atoms with Crippen molar-refractivity contribution in [2.75, 3.05) is 18.1 Å². The molecule has 0 saturated heterocycles. The second-order valence-corrected chi connectivity index (χ2v) is 3.91. The molecule has 8 heteroatoms. The molecule has 0 aliphatic carbocycles. The van der Waals surface area contributed by atoms with Gasteiger partial charge in [-0.05, 0) is 12.1 Å². The van der Waals surface area contributed by atoms with Crippen molar-refractivity contribution in [2.45, 2.75) is 0 Å². The fraction of sp³-hybridized carbons (Fsp3) is 0.0769. The van der Waals surface area contributed by atoms with E-state index in [1.807, 2.05) is 0 Å². The Balaban J connectivity index is 0.000000211. The Morgan fingerprint density at radius 2 is 1.48 bits per heavy atom. The summed E-state index contributed by atoms with van der Waals surface area (Å²) >= 11 is 0. The Labute approximate surface area is 120 Å². The number of rotatable bonds is 3. The van der Waals surface area contributed by atoms with Gasteiger partial charge in [-0.2, -0.15) is 0 Å². The molecule has 110 valence electrons. The van der Waals surface area contributed by atoms with Gasteiger partial charge in [0.15, 0.2) is 0 Å². The van der Waals surface area contributed by atoms with Gasteiger partial charge in [-0.25, -0.2) is 0 Å². The topological polar surface area (TPSA) is 124 Å². The number of nitrogens with zero attached hydrogens (tertiary/aromatic N) is 2. The summed E-state index contributed by atoms with van der Waals surface area (Å²) in [4.78, 5) is 19.5. The maximum Gasteiger partial charge on any atom is 0.271 e. The van der Waals surface area contributed by atoms with Gasteiger partial charge in [0, 0.05) is 42.7 Å². The van der Waals surface area contributed by atoms with Crippen molar-refractivity contribution in [1.29, 1.82) is 0 Å². The molecule has 2 aromatic rings. The summed E-state index contributed by atoms with van der Waals surface area (Å²) in [6.45, 7) is 0. The number of hydrogen-bond donors (Lipinski definition) is 2. The first-order valence-corrected chi connectivity index (χ1v) is 5.86. The molecule has 0 atom stereocenters. The number of hydrogen-bond acceptors (Lipinski definition) is 6. The average molecular weight is 290 g/mol. The lowest BCUT2D eigenvalue weighted by Crippen LogP contribution is -1.91. The van der Waals surface area contributed by atoms with Crippen LogP contribution in [-0.2, 0) is 0 Å². The van der Waals surface area contributed by atoms with Crippen molar-refractivity contribution in [3.8, 4) is 0 Å². The second-order valence-electron chi connectivity index (χ2n) is 3.91. The van der Waals surface area contributed by atoms with Crippen LogP contribution in [0.3, 0.4) is 0 Å². The van der Waals surface area contributed by atoms with E-state index in [0.29, 0.717) is 5.69 Å². The SMILES string of the molecule is CNc1cccc([N+](=O)[O-])c1.Nc1cccc([N+](=O)[O-])c1. The number of benzene rings is 2. The molecule has 0 aliphatic heterocycles. The molecular formula is C13H14N4O4. The van der Waals surface area contributed by atoms with Crippen LogP contribution < -0.4 is 11.1 Å². The zero-order valence-electron chi connectivity index (χ0n) is 11.2. The molecule has 0 amide bonds. The van der Waals surface area contributed by atoms with Crippen LogP contribution in [0.5, 0.6) is 0 Å². The van der Waals surface area contributed by atoms with Crippen molar-refractivity contribution in [3.05, 3.63) is 68.8 Å². The minimum Gasteiger partial charge on any atom is -0.399 e. The van der Waals surface area contributed by atoms with Crippen molar-refractivity contribution >= 4 is 22.7 Å². The first kappa shape index (κ1) is 15.9. The van der Waals surface area contributed by atoms with Gasteiger partial charge >= 0.3 is 0 Å². The number of nitrogens with two attached hydrogens (primary N) is 1. The highest BCUT2D eigenvalue weighted by molar-refractivity contribution is 5.50. The van der Waals surface area contributed by atoms with E-state index in [0.717, 1.165) is 5.69 Å². The van der Waals surface area contributed by atoms with Crippen LogP contribution in [0.1, 0.15) is 0 Å². The summed E-state index contributed by atoms with van der Waals surface area (Å²) < 4.78 is 0. The van der Waals surface area contributed by atoms with E-state index in [1.54, 1.807) is 31.3 Å². The number of non-ortho nitro benzene ring substituents is 2. The summed E-state index contributed by atoms with van der Waals surface area (Å²) in [7, 11) is 1.72. The molecule has 21 heavy (non-hydrogen) atoms. The third-order valence-electron chi connectivity index (χ3n) is 2.43. The second kappa shape index (κ2) is 7.43. The molecule has 8 nitrogen and oxygen atoms in total. The van der Waals surface area contributed by atoms with Crippen LogP contribution in [0, 0.1) is 20.2 Å². The number of nitrogens with one attached hydrogen (secondary N) is 1. The smallest absolute Gasteiger partial charge is 0.271 e. The van der Waals surface area contributed by atoms with E-state index in [-0.39, 0.29) is 11.4 Å². The normalized spacial score (nSPS) is 9.19. The summed E-state index contributed by atoms with van der Waals surface area (Å²) in [5.74, 6) is 0. The summed E-state index contributed by atoms with van der Waals surface area (Å²) in [6, 6.07) is 12.2. The Kier molecular flexibility index (Phi) is 5.63. The van der Waals surface area contributed by atoms with E-state index in [4.69, 9.17) is 5.73 Å². The van der Waals surface area contributed by atoms with Gasteiger partial charge in [0.25, 0.3) is 11.4 Å². The molecule has 0 bridgehead atoms. The predicted molar refractivity (Wildman–Crippen MR) is 80.2 cm³/mol. The minimum absolute atomic E-state index is 0.0278. The van der Waals surface area contributed by atoms with Crippen LogP contribution in [0.4, 0.5) is 22.7 Å². The van der Waals surface area contributed by atoms with Crippen molar-refractivity contribution in [1.82, 2.24) is 0 Å². The number of nitro groups is 2. The van der Waals surface area contributed by atoms with Gasteiger partial charge in [-0.15, -0.1) is 0 Å². The molecule has 0 aliphatic rings. The molecule has 2 rings (SSSR count). The van der Waals surface area contributed by atoms with Crippen molar-refractivity contribution < 1.29 is 9.85 Å². The summed E-state index contributed by atoms with van der Waals surface area (Å²) in [6.07, 6.45) is 0. The Morgan fingerprint density at radius 1 is 0.952 bits per heavy atom. The number of nitrogen functional groups attached to an aromatic ring is 1. The highest BCUT2D eigenvalue weighted by atomic mass is 16.6. The average Bonchev–Trinajstić information content (AvgIpc) is 2.48. The van der Waals surface area contributed by atoms with Crippen LogP contribution in [0.2, 0.25) is 0 Å². The van der Waals surface area contributed by atoms with Gasteiger partial charge in [0.1, 0.15) is 0 Å². The van der Waals surface area contributed by atoms with E-state index < -0.39 is 9.85 Å². The van der Waals surface area contributed by atoms with Gasteiger partial charge in [-0.1, -0.05) is 12.1 Å². The van der Waals surface area contributed by atoms with E-state index in [9.17, 15) is 20.2 Å². The van der Waals surface area contributed by atoms with Crippen LogP contribution >= 0.6 is 0 Å². The molecule has 0 heterocycles. The molecule has 0 saturated carbocycles. The largest absolute Gasteiger partial charge is 0.399 e. The standard InChI is InChI=1S/C7H8N2O2.C6H6N2O2/c1-8-6-3-2-4-7(5-6)9(10)11;7-5-2-1-3-6(4-5)8(9)10/h2-5,8H,1H3;1-4H,7H2. The lowest BCUT2D eigenvalue weighted by atomic mass is 10.3.